The number of hydrogen-bond donors (Lipinski definition) is 3. The maximum absolute atomic E-state index is 14.4. The molecule has 25 nitrogen and oxygen atoms in total. The molecule has 2 aromatic rings. The number of rotatable bonds is 49. The first-order valence-electron chi connectivity index (χ1n) is 33.8. The van der Waals surface area contributed by atoms with E-state index in [0.29, 0.717) is 112 Å². The smallest absolute Gasteiger partial charge is 0.245 e. The highest BCUT2D eigenvalue weighted by Crippen LogP contribution is 2.30. The van der Waals surface area contributed by atoms with Gasteiger partial charge in [0.05, 0.1) is 130 Å². The average Bonchev–Trinajstić information content (AvgIpc) is 1.84. The third kappa shape index (κ3) is 34.6. The minimum Gasteiger partial charge on any atom is -0.420 e. The van der Waals surface area contributed by atoms with E-state index in [1.54, 1.807) is 56.9 Å². The second-order valence-corrected chi connectivity index (χ2v) is 38.2. The first-order chi connectivity index (χ1) is 45.2. The summed E-state index contributed by atoms with van der Waals surface area (Å²) in [4.78, 5) is 86.6. The van der Waals surface area contributed by atoms with Gasteiger partial charge in [-0.3, -0.25) is 28.9 Å². The molecule has 9 atom stereocenters. The normalized spacial score (nSPS) is 16.0. The van der Waals surface area contributed by atoms with Crippen LogP contribution in [0.1, 0.15) is 91.7 Å². The highest BCUT2D eigenvalue weighted by atomic mass is 32.2. The number of benzene rings is 1. The van der Waals surface area contributed by atoms with Crippen LogP contribution in [0.4, 0.5) is 0 Å². The summed E-state index contributed by atoms with van der Waals surface area (Å²) >= 11 is 1.73. The fraction of sp³-hybridized carbons (Fsp3) is 0.776. The van der Waals surface area contributed by atoms with Crippen molar-refractivity contribution in [3.63, 3.8) is 0 Å². The Kier molecular flexibility index (Phi) is 43.8. The number of aromatic nitrogens is 2. The van der Waals surface area contributed by atoms with Gasteiger partial charge in [0.15, 0.2) is 13.5 Å². The van der Waals surface area contributed by atoms with Crippen molar-refractivity contribution in [3.8, 4) is 0 Å². The van der Waals surface area contributed by atoms with Gasteiger partial charge in [-0.25, -0.2) is 9.97 Å². The van der Waals surface area contributed by atoms with Crippen molar-refractivity contribution in [3.05, 3.63) is 64.3 Å². The molecule has 542 valence electrons. The minimum atomic E-state index is -1.78. The van der Waals surface area contributed by atoms with E-state index in [-0.39, 0.29) is 53.7 Å². The van der Waals surface area contributed by atoms with Crippen molar-refractivity contribution in [2.24, 2.45) is 28.8 Å². The van der Waals surface area contributed by atoms with Gasteiger partial charge in [0.2, 0.25) is 29.5 Å². The van der Waals surface area contributed by atoms with Crippen LogP contribution >= 0.6 is 11.8 Å². The van der Waals surface area contributed by atoms with E-state index in [9.17, 15) is 24.0 Å². The molecule has 5 amide bonds. The Morgan fingerprint density at radius 2 is 1.32 bits per heavy atom. The molecular weight excluding hydrogens is 1270 g/mol. The Balaban J connectivity index is 0.000000762. The number of likely N-dealkylation sites (tertiary alicyclic amines) is 1. The van der Waals surface area contributed by atoms with E-state index in [0.717, 1.165) is 47.0 Å². The zero-order valence-corrected chi connectivity index (χ0v) is 63.7. The van der Waals surface area contributed by atoms with Crippen LogP contribution in [-0.2, 0) is 79.3 Å². The summed E-state index contributed by atoms with van der Waals surface area (Å²) in [7, 11) is 7.42. The van der Waals surface area contributed by atoms with Crippen molar-refractivity contribution in [2.75, 3.05) is 140 Å². The van der Waals surface area contributed by atoms with E-state index in [2.05, 4.69) is 68.7 Å². The van der Waals surface area contributed by atoms with Crippen LogP contribution in [0.15, 0.2) is 53.0 Å². The van der Waals surface area contributed by atoms with Gasteiger partial charge in [-0.15, -0.1) is 0 Å². The number of hydrogen-bond acceptors (Lipinski definition) is 19. The monoisotopic (exact) mass is 1390 g/mol. The largest absolute Gasteiger partial charge is 0.420 e. The maximum atomic E-state index is 14.4. The summed E-state index contributed by atoms with van der Waals surface area (Å²) in [6, 6.07) is 7.65. The van der Waals surface area contributed by atoms with Crippen LogP contribution < -0.4 is 16.0 Å². The van der Waals surface area contributed by atoms with Crippen LogP contribution in [0.2, 0.25) is 38.8 Å². The van der Waals surface area contributed by atoms with E-state index < -0.39 is 64.7 Å². The summed E-state index contributed by atoms with van der Waals surface area (Å²) in [6.07, 6.45) is 5.58. The Morgan fingerprint density at radius 3 is 1.81 bits per heavy atom. The molecule has 1 aliphatic heterocycles. The van der Waals surface area contributed by atoms with Crippen molar-refractivity contribution < 1.29 is 66.3 Å². The van der Waals surface area contributed by atoms with Gasteiger partial charge in [0.1, 0.15) is 12.1 Å². The van der Waals surface area contributed by atoms with Gasteiger partial charge < -0.3 is 68.1 Å². The molecule has 3 N–H and O–H groups in total. The van der Waals surface area contributed by atoms with Gasteiger partial charge in [-0.05, 0) is 86.7 Å². The van der Waals surface area contributed by atoms with Crippen LogP contribution in [0.5, 0.6) is 0 Å². The lowest BCUT2D eigenvalue weighted by Gasteiger charge is -2.41. The predicted molar refractivity (Wildman–Crippen MR) is 378 cm³/mol. The highest BCUT2D eigenvalue weighted by Gasteiger charge is 2.44. The fourth-order valence-electron chi connectivity index (χ4n) is 10.9. The Labute approximate surface area is 575 Å². The van der Waals surface area contributed by atoms with Gasteiger partial charge in [-0.2, -0.15) is 0 Å². The lowest BCUT2D eigenvalue weighted by Crippen LogP contribution is -2.59. The average molecular weight is 1390 g/mol. The van der Waals surface area contributed by atoms with Crippen LogP contribution in [0.3, 0.4) is 0 Å². The van der Waals surface area contributed by atoms with Crippen molar-refractivity contribution in [2.45, 2.75) is 180 Å². The van der Waals surface area contributed by atoms with Crippen molar-refractivity contribution in [1.29, 1.82) is 0 Å². The molecule has 0 aliphatic carbocycles. The lowest BCUT2D eigenvalue weighted by atomic mass is 9.89. The molecule has 3 rings (SSSR count). The second-order valence-electron chi connectivity index (χ2n) is 26.9. The van der Waals surface area contributed by atoms with Gasteiger partial charge in [-0.1, -0.05) is 122 Å². The standard InChI is InChI=1S/C46H82N6O8Si.C21H39N5O6SSi/c1-16-32(6)41(51(10)46(57)39(30(2)3)49-45(56)40(31(4)5)50(8)9)37(58-11)29-38(53)52-26-20-24-36(52)42(59-12)33(7)43(54)48-35(28-34-22-18-17-19-23-34)44(55)47-25-21-27-61(14,15)60-13;1-34(2,3)19-33-21-23-16-20(17-24-21)18-32-15-14-31-13-12-30-11-10-29-9-8-28-7-6-27-5-4-25-26-22/h17-19,22-23,30-33,35-37,39-42H,16,20-21,24-29H2,1-15H3,(H,47,55)(H,48,54)(H,49,56);16-17H,4-15,18-19H2,1-3H3/t32-,33+,35-,36-,37+,39-,40-,41-,42+;/m0./s1. The van der Waals surface area contributed by atoms with E-state index in [4.69, 9.17) is 47.9 Å². The summed E-state index contributed by atoms with van der Waals surface area (Å²) in [6.45, 7) is 32.1. The quantitative estimate of drug-likeness (QED) is 0.0107. The first kappa shape index (κ1) is 86.4. The number of carbonyl (C=O) groups is 5. The molecule has 95 heavy (non-hydrogen) atoms. The maximum Gasteiger partial charge on any atom is 0.245 e. The molecule has 28 heteroatoms. The number of nitrogens with zero attached hydrogens (tertiary/aromatic N) is 8. The zero-order chi connectivity index (χ0) is 70.9. The van der Waals surface area contributed by atoms with Gasteiger partial charge in [0, 0.05) is 77.3 Å². The summed E-state index contributed by atoms with van der Waals surface area (Å²) < 4.78 is 50.3. The second kappa shape index (κ2) is 48.1. The molecule has 1 fully saturated rings. The SMILES string of the molecule is CC[C@H](C)[C@@H]([C@@H](CC(=O)N1CCC[C@H]1[C@H](OC)[C@@H](C)C(=O)N[C@@H](Cc1ccccc1)C(=O)NCCC[Si](C)(C)OC)OC)N(C)C(=O)[C@@H](NC(=O)[C@H](C(C)C)N(C)C)C(C)C.C[Si](C)(C)CSc1ncc(COCCOCCOCCOCCOCCOCCN=[N+]=[N-])cn1. The molecule has 1 aromatic heterocycles. The number of amides is 5. The van der Waals surface area contributed by atoms with Gasteiger partial charge in [0.25, 0.3) is 0 Å². The molecule has 0 unspecified atom stereocenters. The summed E-state index contributed by atoms with van der Waals surface area (Å²) in [5.41, 5.74) is 10.00. The predicted octanol–water partition coefficient (Wildman–Crippen LogP) is 8.08. The molecule has 0 radical (unpaired) electrons. The molecule has 1 aromatic carbocycles. The topological polar surface area (TPSA) is 289 Å². The van der Waals surface area contributed by atoms with E-state index in [1.165, 1.54) is 0 Å². The van der Waals surface area contributed by atoms with Crippen LogP contribution in [0.25, 0.3) is 10.4 Å². The molecule has 1 aliphatic rings. The highest BCUT2D eigenvalue weighted by molar-refractivity contribution is 8.00. The summed E-state index contributed by atoms with van der Waals surface area (Å²) in [5.74, 6) is -2.06. The summed E-state index contributed by atoms with van der Waals surface area (Å²) in [5, 5.41) is 14.4. The molecule has 0 bridgehead atoms. The Bertz CT molecular complexity index is 2500. The number of ether oxygens (including phenoxy) is 8. The zero-order valence-electron chi connectivity index (χ0n) is 60.9. The molecule has 0 spiro atoms. The van der Waals surface area contributed by atoms with Crippen molar-refractivity contribution >= 4 is 57.7 Å². The lowest BCUT2D eigenvalue weighted by molar-refractivity contribution is -0.148. The number of azide groups is 1. The molecule has 0 saturated carbocycles. The third-order valence-corrected chi connectivity index (χ3v) is 23.7. The number of nitrogens with one attached hydrogen (secondary N) is 3. The number of likely N-dealkylation sites (N-methyl/N-ethyl adjacent to an activating group) is 2. The molecule has 1 saturated heterocycles. The third-order valence-electron chi connectivity index (χ3n) is 16.5. The fourth-order valence-corrected chi connectivity index (χ4v) is 14.7. The van der Waals surface area contributed by atoms with E-state index in [1.807, 2.05) is 103 Å². The Hall–Kier alpha value is -4.66. The van der Waals surface area contributed by atoms with Crippen molar-refractivity contribution in [1.82, 2.24) is 40.6 Å². The number of thioether (sulfide) groups is 1. The van der Waals surface area contributed by atoms with Gasteiger partial charge >= 0.3 is 0 Å². The molecular formula is C67H121N11O14SSi2. The minimum absolute atomic E-state index is 0.00870. The number of carbonyl (C=O) groups excluding carboxylic acids is 5. The van der Waals surface area contributed by atoms with E-state index >= 15 is 0 Å². The first-order valence-corrected chi connectivity index (χ1v) is 41.6. The molecule has 2 heterocycles. The Morgan fingerprint density at radius 1 is 0.747 bits per heavy atom. The van der Waals surface area contributed by atoms with Crippen LogP contribution in [0, 0.1) is 23.7 Å². The number of methoxy groups -OCH3 is 2. The van der Waals surface area contributed by atoms with Crippen LogP contribution in [-0.4, -0.2) is 253 Å².